The molecule has 2 rings (SSSR count). The third-order valence-corrected chi connectivity index (χ3v) is 4.39. The van der Waals surface area contributed by atoms with Gasteiger partial charge >= 0.3 is 5.97 Å². The van der Waals surface area contributed by atoms with Gasteiger partial charge in [0.1, 0.15) is 11.1 Å². The molecule has 1 aromatic rings. The van der Waals surface area contributed by atoms with Crippen molar-refractivity contribution in [3.05, 3.63) is 34.9 Å². The van der Waals surface area contributed by atoms with Crippen molar-refractivity contribution in [2.75, 3.05) is 24.7 Å². The summed E-state index contributed by atoms with van der Waals surface area (Å²) in [6.45, 7) is 2.72. The van der Waals surface area contributed by atoms with E-state index in [2.05, 4.69) is 0 Å². The molecule has 5 nitrogen and oxygen atoms in total. The highest BCUT2D eigenvalue weighted by Crippen LogP contribution is 2.47. The van der Waals surface area contributed by atoms with Gasteiger partial charge in [0, 0.05) is 18.0 Å². The van der Waals surface area contributed by atoms with E-state index in [0.717, 1.165) is 17.0 Å². The van der Waals surface area contributed by atoms with Gasteiger partial charge in [0.2, 0.25) is 0 Å². The Hall–Kier alpha value is -1.97. The average Bonchev–Trinajstić information content (AvgIpc) is 2.87. The molecule has 1 aliphatic heterocycles. The van der Waals surface area contributed by atoms with Gasteiger partial charge in [0.25, 0.3) is 0 Å². The van der Waals surface area contributed by atoms with Crippen LogP contribution in [0.5, 0.6) is 0 Å². The molecular formula is C16H18N2O3S. The lowest BCUT2D eigenvalue weighted by molar-refractivity contribution is -0.138. The van der Waals surface area contributed by atoms with E-state index >= 15 is 0 Å². The summed E-state index contributed by atoms with van der Waals surface area (Å²) in [5.41, 5.74) is 1.02. The van der Waals surface area contributed by atoms with Crippen molar-refractivity contribution < 1.29 is 14.6 Å². The minimum Gasteiger partial charge on any atom is -0.462 e. The van der Waals surface area contributed by atoms with Crippen LogP contribution in [0.25, 0.3) is 0 Å². The number of carbonyl (C=O) groups excluding carboxylic acids is 1. The molecule has 1 aromatic carbocycles. The maximum atomic E-state index is 12.0. The predicted molar refractivity (Wildman–Crippen MR) is 85.2 cm³/mol. The number of fused-ring (bicyclic) bond motifs is 1. The van der Waals surface area contributed by atoms with Gasteiger partial charge in [-0.3, -0.25) is 0 Å². The molecule has 116 valence electrons. The summed E-state index contributed by atoms with van der Waals surface area (Å²) in [6, 6.07) is 9.76. The zero-order valence-corrected chi connectivity index (χ0v) is 13.2. The lowest BCUT2D eigenvalue weighted by Gasteiger charge is -2.21. The van der Waals surface area contributed by atoms with Gasteiger partial charge in [0.15, 0.2) is 5.57 Å². The van der Waals surface area contributed by atoms with Gasteiger partial charge in [-0.15, -0.1) is 0 Å². The largest absolute Gasteiger partial charge is 0.462 e. The maximum Gasteiger partial charge on any atom is 0.351 e. The molecule has 0 bridgehead atoms. The number of rotatable bonds is 6. The summed E-state index contributed by atoms with van der Waals surface area (Å²) >= 11 is 1.41. The first-order valence-corrected chi connectivity index (χ1v) is 8.01. The number of aliphatic hydroxyl groups is 1. The van der Waals surface area contributed by atoms with E-state index in [0.29, 0.717) is 18.0 Å². The van der Waals surface area contributed by atoms with Crippen LogP contribution in [0.4, 0.5) is 5.69 Å². The van der Waals surface area contributed by atoms with E-state index in [1.165, 1.54) is 11.8 Å². The van der Waals surface area contributed by atoms with E-state index in [1.54, 1.807) is 6.92 Å². The van der Waals surface area contributed by atoms with Crippen molar-refractivity contribution in [3.63, 3.8) is 0 Å². The number of hydrogen-bond donors (Lipinski definition) is 1. The molecule has 6 heteroatoms. The van der Waals surface area contributed by atoms with Gasteiger partial charge in [0.05, 0.1) is 12.3 Å². The number of nitriles is 1. The Morgan fingerprint density at radius 1 is 1.41 bits per heavy atom. The molecule has 0 saturated carbocycles. The zero-order valence-electron chi connectivity index (χ0n) is 12.4. The van der Waals surface area contributed by atoms with E-state index < -0.39 is 5.97 Å². The number of thioether (sulfide) groups is 1. The molecule has 0 atom stereocenters. The molecular weight excluding hydrogens is 300 g/mol. The third kappa shape index (κ3) is 3.43. The molecule has 0 saturated heterocycles. The first-order valence-electron chi connectivity index (χ1n) is 7.19. The zero-order chi connectivity index (χ0) is 15.9. The second-order valence-electron chi connectivity index (χ2n) is 4.66. The Labute approximate surface area is 134 Å². The van der Waals surface area contributed by atoms with Crippen LogP contribution in [0.15, 0.2) is 39.8 Å². The van der Waals surface area contributed by atoms with Crippen LogP contribution in [0.3, 0.4) is 0 Å². The quantitative estimate of drug-likeness (QED) is 0.376. The van der Waals surface area contributed by atoms with Crippen molar-refractivity contribution in [2.45, 2.75) is 24.7 Å². The van der Waals surface area contributed by atoms with E-state index in [9.17, 15) is 10.1 Å². The fourth-order valence-corrected chi connectivity index (χ4v) is 3.38. The number of unbranched alkanes of at least 4 members (excludes halogenated alkanes) is 1. The highest BCUT2D eigenvalue weighted by molar-refractivity contribution is 8.03. The van der Waals surface area contributed by atoms with Crippen molar-refractivity contribution in [3.8, 4) is 6.07 Å². The minimum atomic E-state index is -0.590. The number of benzene rings is 1. The Bertz CT molecular complexity index is 622. The number of para-hydroxylation sites is 1. The van der Waals surface area contributed by atoms with Gasteiger partial charge in [-0.2, -0.15) is 5.26 Å². The van der Waals surface area contributed by atoms with Crippen LogP contribution in [-0.2, 0) is 9.53 Å². The number of hydrogen-bond acceptors (Lipinski definition) is 6. The Morgan fingerprint density at radius 2 is 2.18 bits per heavy atom. The Kier molecular flexibility index (Phi) is 5.87. The second kappa shape index (κ2) is 7.87. The molecule has 22 heavy (non-hydrogen) atoms. The lowest BCUT2D eigenvalue weighted by atomic mass is 10.2. The first kappa shape index (κ1) is 16.4. The number of ether oxygens (including phenoxy) is 1. The number of anilines is 1. The van der Waals surface area contributed by atoms with E-state index in [1.807, 2.05) is 35.2 Å². The third-order valence-electron chi connectivity index (χ3n) is 3.20. The standard InChI is InChI=1S/C16H18N2O3S/c1-2-21-16(20)12(11-17)15-18(9-5-6-10-19)13-7-3-4-8-14(13)22-15/h3-4,7-8,19H,2,5-6,9-10H2,1H3. The predicted octanol–water partition coefficient (Wildman–Crippen LogP) is 2.67. The van der Waals surface area contributed by atoms with Crippen LogP contribution in [0.2, 0.25) is 0 Å². The van der Waals surface area contributed by atoms with Gasteiger partial charge in [-0.05, 0) is 31.9 Å². The number of carbonyl (C=O) groups is 1. The molecule has 0 fully saturated rings. The molecule has 1 heterocycles. The number of esters is 1. The van der Waals surface area contributed by atoms with Crippen LogP contribution in [-0.4, -0.2) is 30.8 Å². The average molecular weight is 318 g/mol. The minimum absolute atomic E-state index is 0.0343. The van der Waals surface area contributed by atoms with Crippen molar-refractivity contribution >= 4 is 23.4 Å². The normalized spacial score (nSPS) is 15.2. The molecule has 1 N–H and O–H groups in total. The fraction of sp³-hybridized carbons (Fsp3) is 0.375. The van der Waals surface area contributed by atoms with Crippen molar-refractivity contribution in [2.24, 2.45) is 0 Å². The monoisotopic (exact) mass is 318 g/mol. The summed E-state index contributed by atoms with van der Waals surface area (Å²) in [4.78, 5) is 15.0. The lowest BCUT2D eigenvalue weighted by Crippen LogP contribution is -2.23. The van der Waals surface area contributed by atoms with E-state index in [4.69, 9.17) is 9.84 Å². The molecule has 0 radical (unpaired) electrons. The smallest absolute Gasteiger partial charge is 0.351 e. The summed E-state index contributed by atoms with van der Waals surface area (Å²) < 4.78 is 4.98. The summed E-state index contributed by atoms with van der Waals surface area (Å²) in [5.74, 6) is -0.590. The maximum absolute atomic E-state index is 12.0. The summed E-state index contributed by atoms with van der Waals surface area (Å²) in [7, 11) is 0. The Balaban J connectivity index is 2.37. The number of aliphatic hydroxyl groups excluding tert-OH is 1. The fourth-order valence-electron chi connectivity index (χ4n) is 2.21. The van der Waals surface area contributed by atoms with Crippen molar-refractivity contribution in [1.29, 1.82) is 5.26 Å². The SMILES string of the molecule is CCOC(=O)C(C#N)=C1Sc2ccccc2N1CCCCO. The number of nitrogens with zero attached hydrogens (tertiary/aromatic N) is 2. The van der Waals surface area contributed by atoms with Crippen LogP contribution in [0.1, 0.15) is 19.8 Å². The van der Waals surface area contributed by atoms with Gasteiger partial charge < -0.3 is 14.7 Å². The molecule has 0 aromatic heterocycles. The topological polar surface area (TPSA) is 73.6 Å². The molecule has 0 aliphatic carbocycles. The molecule has 0 spiro atoms. The van der Waals surface area contributed by atoms with Crippen LogP contribution in [0, 0.1) is 11.3 Å². The highest BCUT2D eigenvalue weighted by atomic mass is 32.2. The second-order valence-corrected chi connectivity index (χ2v) is 5.70. The van der Waals surface area contributed by atoms with Crippen LogP contribution >= 0.6 is 11.8 Å². The van der Waals surface area contributed by atoms with Crippen molar-refractivity contribution in [1.82, 2.24) is 0 Å². The van der Waals surface area contributed by atoms with Crippen LogP contribution < -0.4 is 4.90 Å². The van der Waals surface area contributed by atoms with Gasteiger partial charge in [-0.1, -0.05) is 23.9 Å². The summed E-state index contributed by atoms with van der Waals surface area (Å²) in [6.07, 6.45) is 1.45. The molecule has 1 aliphatic rings. The molecule has 0 amide bonds. The van der Waals surface area contributed by atoms with Gasteiger partial charge in [-0.25, -0.2) is 4.79 Å². The Morgan fingerprint density at radius 3 is 2.86 bits per heavy atom. The summed E-state index contributed by atoms with van der Waals surface area (Å²) in [5, 5.41) is 18.9. The molecule has 0 unspecified atom stereocenters. The highest BCUT2D eigenvalue weighted by Gasteiger charge is 2.30. The first-order chi connectivity index (χ1) is 10.7. The van der Waals surface area contributed by atoms with E-state index in [-0.39, 0.29) is 18.8 Å².